The lowest BCUT2D eigenvalue weighted by Crippen LogP contribution is -2.36. The molecule has 0 spiro atoms. The second-order valence-corrected chi connectivity index (χ2v) is 5.40. The molecule has 8 nitrogen and oxygen atoms in total. The van der Waals surface area contributed by atoms with Gasteiger partial charge in [0.25, 0.3) is 11.2 Å². The third-order valence-corrected chi connectivity index (χ3v) is 3.50. The molecule has 1 heterocycles. The first-order chi connectivity index (χ1) is 12.7. The number of amides is 1. The van der Waals surface area contributed by atoms with Crippen LogP contribution in [0.1, 0.15) is 5.56 Å². The summed E-state index contributed by atoms with van der Waals surface area (Å²) in [7, 11) is 0. The van der Waals surface area contributed by atoms with Gasteiger partial charge < -0.3 is 15.2 Å². The van der Waals surface area contributed by atoms with Crippen LogP contribution in [0, 0.1) is 10.1 Å². The van der Waals surface area contributed by atoms with Crippen LogP contribution in [0.3, 0.4) is 0 Å². The number of nitro groups is 1. The number of carbonyl (C=O) groups is 1. The van der Waals surface area contributed by atoms with Crippen LogP contribution in [0.4, 0.5) is 24.5 Å². The van der Waals surface area contributed by atoms with Gasteiger partial charge in [0.2, 0.25) is 5.91 Å². The van der Waals surface area contributed by atoms with Gasteiger partial charge in [-0.2, -0.15) is 13.2 Å². The van der Waals surface area contributed by atoms with Gasteiger partial charge in [0.1, 0.15) is 17.8 Å². The van der Waals surface area contributed by atoms with E-state index in [0.717, 1.165) is 12.3 Å². The summed E-state index contributed by atoms with van der Waals surface area (Å²) in [5, 5.41) is 16.1. The topological polar surface area (TPSA) is 106 Å². The maximum atomic E-state index is 12.7. The second-order valence-electron chi connectivity index (χ2n) is 5.40. The molecule has 27 heavy (non-hydrogen) atoms. The van der Waals surface area contributed by atoms with E-state index in [0.29, 0.717) is 10.6 Å². The quantitative estimate of drug-likeness (QED) is 0.432. The van der Waals surface area contributed by atoms with E-state index in [9.17, 15) is 32.9 Å². The van der Waals surface area contributed by atoms with Crippen molar-refractivity contribution in [1.29, 1.82) is 0 Å². The Hall–Kier alpha value is -3.37. The van der Waals surface area contributed by atoms with Gasteiger partial charge in [0.05, 0.1) is 4.92 Å². The van der Waals surface area contributed by atoms with Crippen molar-refractivity contribution in [3.05, 3.63) is 68.6 Å². The van der Waals surface area contributed by atoms with Crippen LogP contribution in [0.5, 0.6) is 0 Å². The van der Waals surface area contributed by atoms with E-state index in [1.165, 1.54) is 18.2 Å². The molecular formula is C16H15F3N4O4. The van der Waals surface area contributed by atoms with Crippen molar-refractivity contribution in [1.82, 2.24) is 9.88 Å². The molecule has 0 aliphatic carbocycles. The zero-order valence-corrected chi connectivity index (χ0v) is 13.8. The Morgan fingerprint density at radius 1 is 1.15 bits per heavy atom. The van der Waals surface area contributed by atoms with Crippen LogP contribution >= 0.6 is 0 Å². The first kappa shape index (κ1) is 19.9. The SMILES string of the molecule is O=C(Cn1cccc(C(F)(F)F)c1=O)NCCNc1ccccc1[N+](=O)[O-]. The van der Waals surface area contributed by atoms with Gasteiger partial charge in [-0.05, 0) is 18.2 Å². The number of nitrogens with zero attached hydrogens (tertiary/aromatic N) is 2. The zero-order valence-electron chi connectivity index (χ0n) is 13.8. The van der Waals surface area contributed by atoms with E-state index in [1.54, 1.807) is 6.07 Å². The number of nitro benzene ring substituents is 1. The maximum Gasteiger partial charge on any atom is 0.421 e. The lowest BCUT2D eigenvalue weighted by molar-refractivity contribution is -0.384. The van der Waals surface area contributed by atoms with E-state index >= 15 is 0 Å². The zero-order chi connectivity index (χ0) is 20.0. The number of anilines is 1. The fraction of sp³-hybridized carbons (Fsp3) is 0.250. The van der Waals surface area contributed by atoms with Gasteiger partial charge in [-0.1, -0.05) is 12.1 Å². The third-order valence-electron chi connectivity index (χ3n) is 3.50. The molecule has 0 unspecified atom stereocenters. The summed E-state index contributed by atoms with van der Waals surface area (Å²) in [6.45, 7) is -0.374. The largest absolute Gasteiger partial charge is 0.421 e. The van der Waals surface area contributed by atoms with Gasteiger partial charge in [0, 0.05) is 25.4 Å². The minimum Gasteiger partial charge on any atom is -0.378 e. The first-order valence-corrected chi connectivity index (χ1v) is 7.71. The molecule has 2 N–H and O–H groups in total. The van der Waals surface area contributed by atoms with Crippen LogP contribution in [0.25, 0.3) is 0 Å². The van der Waals surface area contributed by atoms with Crippen molar-refractivity contribution in [2.45, 2.75) is 12.7 Å². The third kappa shape index (κ3) is 5.30. The standard InChI is InChI=1S/C16H15F3N4O4/c17-16(18,19)11-4-3-9-22(15(11)25)10-14(24)21-8-7-20-12-5-1-2-6-13(12)23(26)27/h1-6,9,20H,7-8,10H2,(H,21,24). The van der Waals surface area contributed by atoms with Crippen molar-refractivity contribution >= 4 is 17.3 Å². The number of rotatable bonds is 7. The highest BCUT2D eigenvalue weighted by Gasteiger charge is 2.34. The molecule has 144 valence electrons. The Bertz CT molecular complexity index is 896. The molecule has 11 heteroatoms. The number of nitrogens with one attached hydrogen (secondary N) is 2. The highest BCUT2D eigenvalue weighted by atomic mass is 19.4. The summed E-state index contributed by atoms with van der Waals surface area (Å²) in [5.41, 5.74) is -2.51. The molecule has 1 aromatic heterocycles. The predicted molar refractivity (Wildman–Crippen MR) is 90.3 cm³/mol. The highest BCUT2D eigenvalue weighted by Crippen LogP contribution is 2.26. The summed E-state index contributed by atoms with van der Waals surface area (Å²) in [4.78, 5) is 33.9. The normalized spacial score (nSPS) is 11.1. The molecule has 0 saturated heterocycles. The van der Waals surface area contributed by atoms with Gasteiger partial charge >= 0.3 is 6.18 Å². The van der Waals surface area contributed by atoms with E-state index in [4.69, 9.17) is 0 Å². The number of pyridine rings is 1. The van der Waals surface area contributed by atoms with E-state index in [-0.39, 0.29) is 24.5 Å². The summed E-state index contributed by atoms with van der Waals surface area (Å²) in [6.07, 6.45) is -3.71. The van der Waals surface area contributed by atoms with E-state index < -0.39 is 34.7 Å². The lowest BCUT2D eigenvalue weighted by atomic mass is 10.2. The van der Waals surface area contributed by atoms with Crippen LogP contribution in [0.2, 0.25) is 0 Å². The molecule has 1 aromatic carbocycles. The van der Waals surface area contributed by atoms with Crippen molar-refractivity contribution in [2.24, 2.45) is 0 Å². The number of carbonyl (C=O) groups excluding carboxylic acids is 1. The number of hydrogen-bond donors (Lipinski definition) is 2. The monoisotopic (exact) mass is 384 g/mol. The van der Waals surface area contributed by atoms with Gasteiger partial charge in [-0.3, -0.25) is 19.7 Å². The highest BCUT2D eigenvalue weighted by molar-refractivity contribution is 5.75. The van der Waals surface area contributed by atoms with E-state index in [2.05, 4.69) is 10.6 Å². The molecule has 0 aliphatic heterocycles. The fourth-order valence-corrected chi connectivity index (χ4v) is 2.27. The van der Waals surface area contributed by atoms with Crippen molar-refractivity contribution in [3.8, 4) is 0 Å². The molecule has 0 aliphatic rings. The summed E-state index contributed by atoms with van der Waals surface area (Å²) < 4.78 is 38.7. The summed E-state index contributed by atoms with van der Waals surface area (Å²) >= 11 is 0. The molecule has 2 rings (SSSR count). The van der Waals surface area contributed by atoms with Crippen LogP contribution in [0.15, 0.2) is 47.4 Å². The number of para-hydroxylation sites is 2. The Labute approximate surface area is 150 Å². The fourth-order valence-electron chi connectivity index (χ4n) is 2.27. The van der Waals surface area contributed by atoms with Crippen molar-refractivity contribution in [3.63, 3.8) is 0 Å². The van der Waals surface area contributed by atoms with E-state index in [1.807, 2.05) is 0 Å². The van der Waals surface area contributed by atoms with Crippen molar-refractivity contribution < 1.29 is 22.9 Å². The molecule has 0 fully saturated rings. The molecule has 0 radical (unpaired) electrons. The summed E-state index contributed by atoms with van der Waals surface area (Å²) in [5.74, 6) is -0.666. The number of benzene rings is 1. The Kier molecular flexibility index (Phi) is 6.16. The minimum atomic E-state index is -4.80. The van der Waals surface area contributed by atoms with Crippen LogP contribution in [-0.2, 0) is 17.5 Å². The number of alkyl halides is 3. The number of aromatic nitrogens is 1. The maximum absolute atomic E-state index is 12.7. The first-order valence-electron chi connectivity index (χ1n) is 7.71. The average Bonchev–Trinajstić information content (AvgIpc) is 2.59. The van der Waals surface area contributed by atoms with Gasteiger partial charge in [0.15, 0.2) is 0 Å². The van der Waals surface area contributed by atoms with Gasteiger partial charge in [-0.25, -0.2) is 0 Å². The minimum absolute atomic E-state index is 0.0542. The smallest absolute Gasteiger partial charge is 0.378 e. The molecule has 2 aromatic rings. The van der Waals surface area contributed by atoms with Crippen LogP contribution < -0.4 is 16.2 Å². The molecule has 0 bridgehead atoms. The Morgan fingerprint density at radius 3 is 2.52 bits per heavy atom. The lowest BCUT2D eigenvalue weighted by Gasteiger charge is -2.11. The average molecular weight is 384 g/mol. The Balaban J connectivity index is 1.89. The molecule has 1 amide bonds. The molecule has 0 atom stereocenters. The number of hydrogen-bond acceptors (Lipinski definition) is 5. The summed E-state index contributed by atoms with van der Waals surface area (Å²) in [6, 6.07) is 7.62. The number of halogens is 3. The van der Waals surface area contributed by atoms with Crippen molar-refractivity contribution in [2.75, 3.05) is 18.4 Å². The Morgan fingerprint density at radius 2 is 1.85 bits per heavy atom. The predicted octanol–water partition coefficient (Wildman–Crippen LogP) is 2.00. The molecule has 0 saturated carbocycles. The molecular weight excluding hydrogens is 369 g/mol. The van der Waals surface area contributed by atoms with Gasteiger partial charge in [-0.15, -0.1) is 0 Å². The van der Waals surface area contributed by atoms with Crippen LogP contribution in [-0.4, -0.2) is 28.5 Å². The second kappa shape index (κ2) is 8.34.